The van der Waals surface area contributed by atoms with Gasteiger partial charge in [0.25, 0.3) is 0 Å². The van der Waals surface area contributed by atoms with Crippen LogP contribution in [0.15, 0.2) is 67.1 Å². The number of anilines is 4. The molecule has 2 fully saturated rings. The average Bonchev–Trinajstić information content (AvgIpc) is 3.96. The summed E-state index contributed by atoms with van der Waals surface area (Å²) >= 11 is 0. The number of hydrogen-bond donors (Lipinski definition) is 3. The summed E-state index contributed by atoms with van der Waals surface area (Å²) in [5.74, 6) is -0.630. The van der Waals surface area contributed by atoms with E-state index in [4.69, 9.17) is 4.74 Å². The predicted molar refractivity (Wildman–Crippen MR) is 168 cm³/mol. The molecule has 16 heteroatoms. The first-order valence-electron chi connectivity index (χ1n) is 14.8. The van der Waals surface area contributed by atoms with Crippen molar-refractivity contribution >= 4 is 44.6 Å². The zero-order valence-electron chi connectivity index (χ0n) is 25.0. The molecule has 5 aromatic rings. The number of carbonyl (C=O) groups excluding carboxylic acids is 1. The number of carbonyl (C=O) groups is 1. The molecule has 1 amide bonds. The fourth-order valence-corrected chi connectivity index (χ4v) is 6.63. The molecule has 0 atom stereocenters. The van der Waals surface area contributed by atoms with Crippen molar-refractivity contribution in [3.63, 3.8) is 0 Å². The van der Waals surface area contributed by atoms with E-state index in [1.54, 1.807) is 41.5 Å². The molecule has 0 aliphatic heterocycles. The molecule has 7 rings (SSSR count). The van der Waals surface area contributed by atoms with Crippen LogP contribution in [0.3, 0.4) is 0 Å². The van der Waals surface area contributed by atoms with Gasteiger partial charge in [0.1, 0.15) is 5.52 Å². The quantitative estimate of drug-likeness (QED) is 0.164. The zero-order valence-corrected chi connectivity index (χ0v) is 25.8. The van der Waals surface area contributed by atoms with Gasteiger partial charge in [0.2, 0.25) is 21.9 Å². The Kier molecular flexibility index (Phi) is 7.53. The third kappa shape index (κ3) is 6.45. The fourth-order valence-electron chi connectivity index (χ4n) is 5.24. The monoisotopic (exact) mass is 666 g/mol. The van der Waals surface area contributed by atoms with Crippen LogP contribution in [0.2, 0.25) is 0 Å². The molecule has 2 aliphatic carbocycles. The maximum Gasteiger partial charge on any atom is 0.420 e. The molecule has 2 aromatic carbocycles. The second kappa shape index (κ2) is 11.6. The normalized spacial score (nSPS) is 15.1. The number of nitrogens with one attached hydrogen (secondary N) is 3. The number of para-hydroxylation sites is 1. The molecule has 0 saturated heterocycles. The first kappa shape index (κ1) is 30.5. The minimum Gasteiger partial charge on any atom is -0.494 e. The largest absolute Gasteiger partial charge is 0.494 e. The number of benzene rings is 2. The second-order valence-corrected chi connectivity index (χ2v) is 13.5. The van der Waals surface area contributed by atoms with Gasteiger partial charge in [-0.05, 0) is 61.6 Å². The maximum atomic E-state index is 13.8. The van der Waals surface area contributed by atoms with Gasteiger partial charge in [-0.3, -0.25) is 19.5 Å². The molecule has 3 aromatic heterocycles. The van der Waals surface area contributed by atoms with E-state index in [2.05, 4.69) is 30.5 Å². The molecule has 3 N–H and O–H groups in total. The van der Waals surface area contributed by atoms with Crippen LogP contribution < -0.4 is 20.1 Å². The van der Waals surface area contributed by atoms with Gasteiger partial charge in [-0.2, -0.15) is 23.3 Å². The lowest BCUT2D eigenvalue weighted by Crippen LogP contribution is -2.17. The average molecular weight is 667 g/mol. The number of hydrogen-bond acceptors (Lipinski definition) is 8. The van der Waals surface area contributed by atoms with E-state index in [0.29, 0.717) is 41.7 Å². The van der Waals surface area contributed by atoms with Gasteiger partial charge in [0.05, 0.1) is 36.4 Å². The van der Waals surface area contributed by atoms with E-state index in [0.717, 1.165) is 31.6 Å². The fraction of sp³-hybridized carbons (Fsp3) is 0.290. The number of fused-ring (bicyclic) bond motifs is 1. The van der Waals surface area contributed by atoms with E-state index >= 15 is 0 Å². The second-order valence-electron chi connectivity index (χ2n) is 11.5. The Hall–Kier alpha value is -5.12. The highest BCUT2D eigenvalue weighted by Gasteiger charge is 2.36. The Morgan fingerprint density at radius 2 is 1.83 bits per heavy atom. The summed E-state index contributed by atoms with van der Waals surface area (Å²) in [7, 11) is -2.20. The minimum atomic E-state index is -4.66. The molecule has 0 spiro atoms. The topological polar surface area (TPSA) is 145 Å². The molecule has 2 saturated carbocycles. The molecule has 244 valence electrons. The number of nitrogens with zero attached hydrogens (tertiary/aromatic N) is 5. The SMILES string of the molecule is COc1c(Nc2nc(NC(=O)C3CC3)nn3ccc(-c4cnn(Cc5ccc(NS(=O)(=O)C6CC6)cc5)c4)c23)cccc1C(F)(F)F. The van der Waals surface area contributed by atoms with Gasteiger partial charge in [-0.25, -0.2) is 12.9 Å². The van der Waals surface area contributed by atoms with Gasteiger partial charge in [-0.15, -0.1) is 5.10 Å². The Labute approximate surface area is 267 Å². The Morgan fingerprint density at radius 3 is 2.51 bits per heavy atom. The lowest BCUT2D eigenvalue weighted by molar-refractivity contribution is -0.138. The summed E-state index contributed by atoms with van der Waals surface area (Å²) in [5.41, 5.74) is 2.19. The van der Waals surface area contributed by atoms with Gasteiger partial charge in [-0.1, -0.05) is 18.2 Å². The van der Waals surface area contributed by atoms with Crippen LogP contribution in [0.4, 0.5) is 36.3 Å². The van der Waals surface area contributed by atoms with Crippen LogP contribution in [0.25, 0.3) is 16.6 Å². The first-order valence-corrected chi connectivity index (χ1v) is 16.4. The summed E-state index contributed by atoms with van der Waals surface area (Å²) in [6.07, 6.45) is 3.32. The van der Waals surface area contributed by atoms with E-state index < -0.39 is 27.5 Å². The number of amides is 1. The number of sulfonamides is 1. The molecular weight excluding hydrogens is 637 g/mol. The standard InChI is InChI=1S/C31H29F3N8O4S/c1-46-27-24(31(32,33)34)3-2-4-25(27)36-28-26-23(13-14-42(26)39-30(37-28)38-29(43)19-7-8-19)20-15-35-41(17-20)16-18-5-9-21(10-6-18)40-47(44,45)22-11-12-22/h2-6,9-10,13-15,17,19,22,40H,7-8,11-12,16H2,1H3,(H2,36,37,38,39,43). The maximum absolute atomic E-state index is 13.8. The molecule has 0 unspecified atom stereocenters. The Morgan fingerprint density at radius 1 is 1.06 bits per heavy atom. The minimum absolute atomic E-state index is 0.0106. The summed E-state index contributed by atoms with van der Waals surface area (Å²) in [4.78, 5) is 17.0. The highest BCUT2D eigenvalue weighted by molar-refractivity contribution is 7.93. The van der Waals surface area contributed by atoms with Gasteiger partial charge >= 0.3 is 6.18 Å². The number of methoxy groups -OCH3 is 1. The lowest BCUT2D eigenvalue weighted by atomic mass is 10.1. The molecule has 12 nitrogen and oxygen atoms in total. The van der Waals surface area contributed by atoms with Gasteiger partial charge in [0, 0.05) is 35.1 Å². The Balaban J connectivity index is 1.20. The smallest absolute Gasteiger partial charge is 0.420 e. The van der Waals surface area contributed by atoms with Crippen molar-refractivity contribution in [3.8, 4) is 16.9 Å². The molecule has 3 heterocycles. The summed E-state index contributed by atoms with van der Waals surface area (Å²) in [6.45, 7) is 0.391. The van der Waals surface area contributed by atoms with Gasteiger partial charge < -0.3 is 10.1 Å². The van der Waals surface area contributed by atoms with Crippen LogP contribution in [-0.2, 0) is 27.5 Å². The van der Waals surface area contributed by atoms with Crippen molar-refractivity contribution in [2.24, 2.45) is 5.92 Å². The number of aromatic nitrogens is 5. The van der Waals surface area contributed by atoms with Crippen LogP contribution in [0.5, 0.6) is 5.75 Å². The number of alkyl halides is 3. The van der Waals surface area contributed by atoms with E-state index in [-0.39, 0.29) is 34.5 Å². The van der Waals surface area contributed by atoms with E-state index in [1.165, 1.54) is 16.6 Å². The number of halogens is 3. The Bertz CT molecular complexity index is 2090. The van der Waals surface area contributed by atoms with Crippen molar-refractivity contribution in [2.45, 2.75) is 43.7 Å². The van der Waals surface area contributed by atoms with Gasteiger partial charge in [0.15, 0.2) is 11.6 Å². The molecular formula is C31H29F3N8O4S. The predicted octanol–water partition coefficient (Wildman–Crippen LogP) is 5.66. The van der Waals surface area contributed by atoms with Crippen LogP contribution in [0, 0.1) is 5.92 Å². The van der Waals surface area contributed by atoms with Crippen LogP contribution in [-0.4, -0.2) is 51.1 Å². The van der Waals surface area contributed by atoms with Crippen molar-refractivity contribution in [1.29, 1.82) is 0 Å². The van der Waals surface area contributed by atoms with Crippen molar-refractivity contribution in [3.05, 3.63) is 78.2 Å². The van der Waals surface area contributed by atoms with Crippen molar-refractivity contribution in [2.75, 3.05) is 22.5 Å². The first-order chi connectivity index (χ1) is 22.5. The third-order valence-corrected chi connectivity index (χ3v) is 9.81. The van der Waals surface area contributed by atoms with Crippen molar-refractivity contribution < 1.29 is 31.1 Å². The highest BCUT2D eigenvalue weighted by atomic mass is 32.2. The number of ether oxygens (including phenoxy) is 1. The molecule has 0 bridgehead atoms. The molecule has 47 heavy (non-hydrogen) atoms. The van der Waals surface area contributed by atoms with Crippen LogP contribution in [0.1, 0.15) is 36.8 Å². The van der Waals surface area contributed by atoms with Crippen molar-refractivity contribution in [1.82, 2.24) is 24.4 Å². The molecule has 0 radical (unpaired) electrons. The summed E-state index contributed by atoms with van der Waals surface area (Å²) in [6, 6.07) is 12.4. The zero-order chi connectivity index (χ0) is 32.9. The summed E-state index contributed by atoms with van der Waals surface area (Å²) < 4.78 is 76.8. The number of rotatable bonds is 11. The summed E-state index contributed by atoms with van der Waals surface area (Å²) in [5, 5.41) is 14.3. The van der Waals surface area contributed by atoms with E-state index in [1.807, 2.05) is 12.1 Å². The lowest BCUT2D eigenvalue weighted by Gasteiger charge is -2.17. The third-order valence-electron chi connectivity index (χ3n) is 7.94. The van der Waals surface area contributed by atoms with E-state index in [9.17, 15) is 26.4 Å². The highest BCUT2D eigenvalue weighted by Crippen LogP contribution is 2.42. The van der Waals surface area contributed by atoms with Crippen LogP contribution >= 0.6 is 0 Å². The molecule has 2 aliphatic rings.